The van der Waals surface area contributed by atoms with Crippen LogP contribution in [0.2, 0.25) is 0 Å². The fourth-order valence-corrected chi connectivity index (χ4v) is 3.95. The van der Waals surface area contributed by atoms with E-state index in [9.17, 15) is 4.79 Å². The standard InChI is InChI=1S/C25H27N3O2/c1-17-13-20(25(29)28-15-18-5-3-2-4-6-18)7-8-22(17)23-14-21(16-27-24(23)26)19-9-11-30-12-10-19/h2-8,13-14,16,19H,9-12,15H2,1H3,(H2,26,27)(H,28,29). The highest BCUT2D eigenvalue weighted by molar-refractivity contribution is 5.95. The first-order valence-corrected chi connectivity index (χ1v) is 10.4. The summed E-state index contributed by atoms with van der Waals surface area (Å²) in [5.74, 6) is 0.875. The van der Waals surface area contributed by atoms with E-state index in [4.69, 9.17) is 10.5 Å². The highest BCUT2D eigenvalue weighted by Gasteiger charge is 2.19. The van der Waals surface area contributed by atoms with E-state index < -0.39 is 0 Å². The van der Waals surface area contributed by atoms with Crippen LogP contribution in [0.1, 0.15) is 45.8 Å². The summed E-state index contributed by atoms with van der Waals surface area (Å²) in [5, 5.41) is 2.98. The second-order valence-electron chi connectivity index (χ2n) is 7.79. The summed E-state index contributed by atoms with van der Waals surface area (Å²) in [6, 6.07) is 17.8. The molecule has 2 aromatic carbocycles. The topological polar surface area (TPSA) is 77.2 Å². The predicted octanol–water partition coefficient (Wildman–Crippen LogP) is 4.46. The molecule has 154 valence electrons. The average molecular weight is 402 g/mol. The van der Waals surface area contributed by atoms with E-state index >= 15 is 0 Å². The summed E-state index contributed by atoms with van der Waals surface area (Å²) in [4.78, 5) is 17.0. The van der Waals surface area contributed by atoms with E-state index in [1.54, 1.807) is 0 Å². The van der Waals surface area contributed by atoms with Crippen molar-refractivity contribution in [2.24, 2.45) is 0 Å². The largest absolute Gasteiger partial charge is 0.383 e. The van der Waals surface area contributed by atoms with Gasteiger partial charge in [0.25, 0.3) is 5.91 Å². The van der Waals surface area contributed by atoms with Crippen LogP contribution in [-0.4, -0.2) is 24.1 Å². The zero-order valence-corrected chi connectivity index (χ0v) is 17.2. The monoisotopic (exact) mass is 401 g/mol. The zero-order chi connectivity index (χ0) is 20.9. The molecule has 0 atom stereocenters. The molecule has 0 bridgehead atoms. The minimum Gasteiger partial charge on any atom is -0.383 e. The molecule has 2 heterocycles. The van der Waals surface area contributed by atoms with Crippen molar-refractivity contribution in [2.45, 2.75) is 32.2 Å². The molecular formula is C25H27N3O2. The van der Waals surface area contributed by atoms with Gasteiger partial charge in [-0.25, -0.2) is 4.98 Å². The summed E-state index contributed by atoms with van der Waals surface area (Å²) < 4.78 is 5.48. The summed E-state index contributed by atoms with van der Waals surface area (Å²) in [6.45, 7) is 4.08. The van der Waals surface area contributed by atoms with Crippen LogP contribution in [0.15, 0.2) is 60.8 Å². The van der Waals surface area contributed by atoms with Gasteiger partial charge in [-0.05, 0) is 66.1 Å². The van der Waals surface area contributed by atoms with Crippen molar-refractivity contribution in [2.75, 3.05) is 18.9 Å². The molecule has 1 fully saturated rings. The molecule has 5 nitrogen and oxygen atoms in total. The second-order valence-corrected chi connectivity index (χ2v) is 7.79. The minimum absolute atomic E-state index is 0.0874. The van der Waals surface area contributed by atoms with E-state index in [0.717, 1.165) is 48.3 Å². The lowest BCUT2D eigenvalue weighted by Gasteiger charge is -2.23. The number of aryl methyl sites for hydroxylation is 1. The van der Waals surface area contributed by atoms with E-state index in [1.807, 2.05) is 61.7 Å². The van der Waals surface area contributed by atoms with Crippen LogP contribution in [0.4, 0.5) is 5.82 Å². The van der Waals surface area contributed by atoms with Crippen LogP contribution < -0.4 is 11.1 Å². The SMILES string of the molecule is Cc1cc(C(=O)NCc2ccccc2)ccc1-c1cc(C2CCOCC2)cnc1N. The fraction of sp³-hybridized carbons (Fsp3) is 0.280. The summed E-state index contributed by atoms with van der Waals surface area (Å²) >= 11 is 0. The first-order chi connectivity index (χ1) is 14.6. The zero-order valence-electron chi connectivity index (χ0n) is 17.2. The number of nitrogens with one attached hydrogen (secondary N) is 1. The molecule has 4 rings (SSSR count). The number of rotatable bonds is 5. The number of pyridine rings is 1. The maximum Gasteiger partial charge on any atom is 0.251 e. The lowest BCUT2D eigenvalue weighted by molar-refractivity contribution is 0.0853. The number of aromatic nitrogens is 1. The lowest BCUT2D eigenvalue weighted by atomic mass is 9.90. The molecule has 0 saturated carbocycles. The normalized spacial score (nSPS) is 14.4. The first kappa shape index (κ1) is 20.1. The van der Waals surface area contributed by atoms with Crippen molar-refractivity contribution < 1.29 is 9.53 Å². The van der Waals surface area contributed by atoms with Crippen LogP contribution in [0.25, 0.3) is 11.1 Å². The van der Waals surface area contributed by atoms with Crippen LogP contribution in [0, 0.1) is 6.92 Å². The Labute approximate surface area is 177 Å². The summed E-state index contributed by atoms with van der Waals surface area (Å²) in [5.41, 5.74) is 12.1. The van der Waals surface area contributed by atoms with Crippen molar-refractivity contribution in [1.29, 1.82) is 0 Å². The molecule has 1 aromatic heterocycles. The van der Waals surface area contributed by atoms with Gasteiger partial charge >= 0.3 is 0 Å². The number of nitrogens with two attached hydrogens (primary N) is 1. The van der Waals surface area contributed by atoms with Crippen molar-refractivity contribution >= 4 is 11.7 Å². The number of anilines is 1. The van der Waals surface area contributed by atoms with Crippen LogP contribution in [0.3, 0.4) is 0 Å². The van der Waals surface area contributed by atoms with E-state index in [-0.39, 0.29) is 5.91 Å². The Morgan fingerprint density at radius 2 is 1.87 bits per heavy atom. The second kappa shape index (κ2) is 9.09. The molecule has 0 radical (unpaired) electrons. The van der Waals surface area contributed by atoms with Crippen LogP contribution in [-0.2, 0) is 11.3 Å². The van der Waals surface area contributed by atoms with Gasteiger partial charge in [-0.15, -0.1) is 0 Å². The maximum absolute atomic E-state index is 12.6. The van der Waals surface area contributed by atoms with Gasteiger partial charge in [-0.2, -0.15) is 0 Å². The number of benzene rings is 2. The molecular weight excluding hydrogens is 374 g/mol. The molecule has 0 unspecified atom stereocenters. The van der Waals surface area contributed by atoms with E-state index in [0.29, 0.717) is 23.8 Å². The Kier molecular flexibility index (Phi) is 6.10. The predicted molar refractivity (Wildman–Crippen MR) is 119 cm³/mol. The molecule has 3 N–H and O–H groups in total. The molecule has 3 aromatic rings. The molecule has 5 heteroatoms. The van der Waals surface area contributed by atoms with Crippen molar-refractivity contribution in [3.05, 3.63) is 83.0 Å². The summed E-state index contributed by atoms with van der Waals surface area (Å²) in [6.07, 6.45) is 3.89. The number of amides is 1. The Morgan fingerprint density at radius 3 is 2.60 bits per heavy atom. The molecule has 0 spiro atoms. The van der Waals surface area contributed by atoms with Gasteiger partial charge in [0.1, 0.15) is 5.82 Å². The number of ether oxygens (including phenoxy) is 1. The minimum atomic E-state index is -0.0874. The Balaban J connectivity index is 1.53. The highest BCUT2D eigenvalue weighted by atomic mass is 16.5. The Hall–Kier alpha value is -3.18. The van der Waals surface area contributed by atoms with Crippen molar-refractivity contribution in [1.82, 2.24) is 10.3 Å². The third kappa shape index (κ3) is 4.52. The molecule has 1 aliphatic heterocycles. The molecule has 1 aliphatic rings. The number of carbonyl (C=O) groups excluding carboxylic acids is 1. The molecule has 30 heavy (non-hydrogen) atoms. The van der Waals surface area contributed by atoms with Crippen molar-refractivity contribution in [3.63, 3.8) is 0 Å². The van der Waals surface area contributed by atoms with Gasteiger partial charge in [0.2, 0.25) is 0 Å². The van der Waals surface area contributed by atoms with Crippen LogP contribution in [0.5, 0.6) is 0 Å². The Morgan fingerprint density at radius 1 is 1.10 bits per heavy atom. The van der Waals surface area contributed by atoms with Gasteiger partial charge in [0.05, 0.1) is 0 Å². The van der Waals surface area contributed by atoms with Gasteiger partial charge in [-0.3, -0.25) is 4.79 Å². The number of carbonyl (C=O) groups is 1. The molecule has 1 saturated heterocycles. The van der Waals surface area contributed by atoms with Crippen molar-refractivity contribution in [3.8, 4) is 11.1 Å². The highest BCUT2D eigenvalue weighted by Crippen LogP contribution is 2.33. The third-order valence-corrected chi connectivity index (χ3v) is 5.71. The summed E-state index contributed by atoms with van der Waals surface area (Å²) in [7, 11) is 0. The van der Waals surface area contributed by atoms with Crippen LogP contribution >= 0.6 is 0 Å². The van der Waals surface area contributed by atoms with Gasteiger partial charge in [0, 0.05) is 37.1 Å². The number of hydrogen-bond acceptors (Lipinski definition) is 4. The lowest BCUT2D eigenvalue weighted by Crippen LogP contribution is -2.22. The van der Waals surface area contributed by atoms with Gasteiger partial charge < -0.3 is 15.8 Å². The third-order valence-electron chi connectivity index (χ3n) is 5.71. The quantitative estimate of drug-likeness (QED) is 0.662. The number of nitrogens with zero attached hydrogens (tertiary/aromatic N) is 1. The Bertz CT molecular complexity index is 1030. The maximum atomic E-state index is 12.6. The average Bonchev–Trinajstić information content (AvgIpc) is 2.79. The number of nitrogen functional groups attached to an aromatic ring is 1. The van der Waals surface area contributed by atoms with E-state index in [1.165, 1.54) is 5.56 Å². The molecule has 1 amide bonds. The van der Waals surface area contributed by atoms with Gasteiger partial charge in [0.15, 0.2) is 0 Å². The fourth-order valence-electron chi connectivity index (χ4n) is 3.95. The van der Waals surface area contributed by atoms with E-state index in [2.05, 4.69) is 16.4 Å². The first-order valence-electron chi connectivity index (χ1n) is 10.4. The number of hydrogen-bond donors (Lipinski definition) is 2. The smallest absolute Gasteiger partial charge is 0.251 e. The van der Waals surface area contributed by atoms with Gasteiger partial charge in [-0.1, -0.05) is 36.4 Å². The molecule has 0 aliphatic carbocycles.